The number of carbonyl (C=O) groups is 3. The van der Waals surface area contributed by atoms with Crippen LogP contribution >= 0.6 is 11.6 Å². The van der Waals surface area contributed by atoms with E-state index in [0.29, 0.717) is 53.1 Å². The molecule has 0 radical (unpaired) electrons. The summed E-state index contributed by atoms with van der Waals surface area (Å²) in [5, 5.41) is 14.4. The number of ether oxygens (including phenoxy) is 1. The number of likely N-dealkylation sites (N-methyl/N-ethyl adjacent to an activating group) is 1. The molecular weight excluding hydrogens is 812 g/mol. The molecule has 0 fully saturated rings. The van der Waals surface area contributed by atoms with E-state index in [1.54, 1.807) is 49.0 Å². The molecule has 17 heteroatoms. The fourth-order valence-corrected chi connectivity index (χ4v) is 8.04. The van der Waals surface area contributed by atoms with E-state index in [1.807, 2.05) is 71.4 Å². The van der Waals surface area contributed by atoms with Crippen molar-refractivity contribution in [2.75, 3.05) is 18.6 Å². The molecule has 3 amide bonds. The Morgan fingerprint density at radius 3 is 2.34 bits per heavy atom. The molecule has 16 nitrogen and oxygen atoms in total. The van der Waals surface area contributed by atoms with Crippen molar-refractivity contribution in [1.82, 2.24) is 44.7 Å². The second-order valence-electron chi connectivity index (χ2n) is 14.8. The number of nitrogens with zero attached hydrogens (tertiary/aromatic N) is 8. The number of carbonyl (C=O) groups excluding carboxylic acids is 3. The fraction of sp³-hybridized carbons (Fsp3) is 0.178. The lowest BCUT2D eigenvalue weighted by Gasteiger charge is -2.21. The zero-order valence-corrected chi connectivity index (χ0v) is 34.3. The van der Waals surface area contributed by atoms with Crippen LogP contribution in [0.2, 0.25) is 5.02 Å². The number of halogens is 1. The SMILES string of the molecule is Cc1cc(=O)c(C(=O)NC2c3cccc(-c4ccc(-n5nc(C(=O)N[C@H]6COc7cccnc7N(C)C6=O)c(=O)c(Cl)c5C)cc4)c3CCn3ccnc32)nn1-c1ccccc1. The van der Waals surface area contributed by atoms with Crippen LogP contribution in [0.3, 0.4) is 0 Å². The molecule has 4 aromatic heterocycles. The molecule has 0 saturated heterocycles. The van der Waals surface area contributed by atoms with Gasteiger partial charge in [-0.2, -0.15) is 10.2 Å². The van der Waals surface area contributed by atoms with Crippen LogP contribution in [0.5, 0.6) is 5.75 Å². The van der Waals surface area contributed by atoms with E-state index in [9.17, 15) is 24.0 Å². The maximum Gasteiger partial charge on any atom is 0.276 e. The van der Waals surface area contributed by atoms with Gasteiger partial charge < -0.3 is 19.9 Å². The van der Waals surface area contributed by atoms with Gasteiger partial charge in [0.1, 0.15) is 29.5 Å². The van der Waals surface area contributed by atoms with Gasteiger partial charge in [-0.3, -0.25) is 28.9 Å². The highest BCUT2D eigenvalue weighted by Crippen LogP contribution is 2.36. The minimum absolute atomic E-state index is 0.193. The first-order valence-electron chi connectivity index (χ1n) is 19.6. The number of aryl methyl sites for hydroxylation is 2. The summed E-state index contributed by atoms with van der Waals surface area (Å²) in [6, 6.07) is 25.4. The number of hydrogen-bond donors (Lipinski definition) is 2. The lowest BCUT2D eigenvalue weighted by molar-refractivity contribution is -0.120. The molecule has 310 valence electrons. The Balaban J connectivity index is 1.01. The first-order chi connectivity index (χ1) is 30.0. The number of nitrogens with one attached hydrogen (secondary N) is 2. The number of imidazole rings is 1. The van der Waals surface area contributed by atoms with Crippen molar-refractivity contribution in [2.45, 2.75) is 38.9 Å². The van der Waals surface area contributed by atoms with Gasteiger partial charge in [0.05, 0.1) is 17.1 Å². The molecule has 7 aromatic rings. The maximum absolute atomic E-state index is 14.0. The number of aromatic nitrogens is 7. The zero-order chi connectivity index (χ0) is 43.2. The minimum atomic E-state index is -1.14. The Morgan fingerprint density at radius 2 is 1.55 bits per heavy atom. The number of fused-ring (bicyclic) bond motifs is 3. The van der Waals surface area contributed by atoms with E-state index in [-0.39, 0.29) is 17.3 Å². The summed E-state index contributed by atoms with van der Waals surface area (Å²) in [6.07, 6.45) is 5.67. The fourth-order valence-electron chi connectivity index (χ4n) is 7.87. The Labute approximate surface area is 358 Å². The smallest absolute Gasteiger partial charge is 0.276 e. The monoisotopic (exact) mass is 848 g/mol. The van der Waals surface area contributed by atoms with Crippen LogP contribution in [-0.2, 0) is 17.8 Å². The molecule has 2 aliphatic rings. The highest BCUT2D eigenvalue weighted by atomic mass is 35.5. The van der Waals surface area contributed by atoms with E-state index in [4.69, 9.17) is 16.3 Å². The highest BCUT2D eigenvalue weighted by Gasteiger charge is 2.34. The first kappa shape index (κ1) is 39.7. The van der Waals surface area contributed by atoms with Gasteiger partial charge in [-0.1, -0.05) is 60.1 Å². The highest BCUT2D eigenvalue weighted by molar-refractivity contribution is 6.31. The summed E-state index contributed by atoms with van der Waals surface area (Å²) in [4.78, 5) is 77.6. The van der Waals surface area contributed by atoms with Crippen LogP contribution in [0.25, 0.3) is 22.5 Å². The van der Waals surface area contributed by atoms with Crippen LogP contribution in [0.4, 0.5) is 5.82 Å². The number of anilines is 1. The average Bonchev–Trinajstić information content (AvgIpc) is 3.66. The van der Waals surface area contributed by atoms with Crippen LogP contribution in [-0.4, -0.2) is 71.5 Å². The van der Waals surface area contributed by atoms with E-state index in [1.165, 1.54) is 28.9 Å². The second-order valence-corrected chi connectivity index (χ2v) is 15.2. The Hall–Kier alpha value is -7.72. The average molecular weight is 849 g/mol. The zero-order valence-electron chi connectivity index (χ0n) is 33.6. The molecule has 3 aromatic carbocycles. The molecule has 2 aliphatic heterocycles. The van der Waals surface area contributed by atoms with Crippen molar-refractivity contribution in [3.05, 3.63) is 175 Å². The number of amides is 3. The summed E-state index contributed by atoms with van der Waals surface area (Å²) in [6.45, 7) is 3.76. The van der Waals surface area contributed by atoms with Crippen LogP contribution < -0.4 is 31.1 Å². The van der Waals surface area contributed by atoms with Crippen LogP contribution in [0, 0.1) is 13.8 Å². The lowest BCUT2D eigenvalue weighted by Crippen LogP contribution is -2.50. The van der Waals surface area contributed by atoms with E-state index in [2.05, 4.69) is 30.8 Å². The molecule has 0 spiro atoms. The number of benzene rings is 3. The van der Waals surface area contributed by atoms with Crippen LogP contribution in [0.15, 0.2) is 119 Å². The predicted octanol–water partition coefficient (Wildman–Crippen LogP) is 4.54. The van der Waals surface area contributed by atoms with Gasteiger partial charge in [-0.25, -0.2) is 19.3 Å². The summed E-state index contributed by atoms with van der Waals surface area (Å²) >= 11 is 6.53. The molecule has 9 rings (SSSR count). The molecular formula is C45H37ClN10O6. The second kappa shape index (κ2) is 16.0. The van der Waals surface area contributed by atoms with Gasteiger partial charge in [0.15, 0.2) is 23.0 Å². The van der Waals surface area contributed by atoms with Crippen molar-refractivity contribution in [3.63, 3.8) is 0 Å². The largest absolute Gasteiger partial charge is 0.487 e. The quantitative estimate of drug-likeness (QED) is 0.231. The first-order valence-corrected chi connectivity index (χ1v) is 20.0. The topological polar surface area (TPSA) is 188 Å². The van der Waals surface area contributed by atoms with Crippen molar-refractivity contribution in [3.8, 4) is 28.3 Å². The van der Waals surface area contributed by atoms with Gasteiger partial charge in [0.25, 0.3) is 17.7 Å². The third-order valence-electron chi connectivity index (χ3n) is 11.0. The van der Waals surface area contributed by atoms with Gasteiger partial charge in [0, 0.05) is 43.9 Å². The van der Waals surface area contributed by atoms with Gasteiger partial charge in [-0.15, -0.1) is 0 Å². The Morgan fingerprint density at radius 1 is 0.806 bits per heavy atom. The summed E-state index contributed by atoms with van der Waals surface area (Å²) in [5.41, 5.74) is 3.60. The summed E-state index contributed by atoms with van der Waals surface area (Å²) in [5.74, 6) is -0.736. The van der Waals surface area contributed by atoms with Gasteiger partial charge >= 0.3 is 0 Å². The minimum Gasteiger partial charge on any atom is -0.487 e. The standard InChI is InChI=1S/C45H37ClN10O6/c1-25-23-34(57)38(51-55(25)28-9-5-4-6-10-28)43(59)50-37-32-12-7-11-30(31(32)18-21-54-22-20-48-42(37)54)27-14-16-29(17-15-27)56-26(2)36(46)40(58)39(52-56)44(60)49-33-24-62-35-13-8-19-47-41(35)53(3)45(33)61/h4-17,19-20,22-23,33,37H,18,21,24H2,1-3H3,(H,49,60)(H,50,59)/t33-,37?/m0/s1. The number of para-hydroxylation sites is 1. The van der Waals surface area contributed by atoms with Crippen molar-refractivity contribution in [2.24, 2.45) is 0 Å². The maximum atomic E-state index is 14.0. The number of hydrogen-bond acceptors (Lipinski definition) is 10. The molecule has 2 N–H and O–H groups in total. The molecule has 0 bridgehead atoms. The molecule has 1 unspecified atom stereocenters. The van der Waals surface area contributed by atoms with Crippen molar-refractivity contribution >= 4 is 35.1 Å². The van der Waals surface area contributed by atoms with Gasteiger partial charge in [0.2, 0.25) is 10.9 Å². The number of pyridine rings is 1. The Bertz CT molecular complexity index is 3050. The lowest BCUT2D eigenvalue weighted by atomic mass is 9.90. The normalized spacial score (nSPS) is 15.6. The predicted molar refractivity (Wildman–Crippen MR) is 229 cm³/mol. The number of rotatable bonds is 7. The summed E-state index contributed by atoms with van der Waals surface area (Å²) < 4.78 is 10.7. The van der Waals surface area contributed by atoms with E-state index in [0.717, 1.165) is 22.3 Å². The van der Waals surface area contributed by atoms with Gasteiger partial charge in [-0.05, 0) is 78.9 Å². The van der Waals surface area contributed by atoms with E-state index < -0.39 is 46.4 Å². The molecule has 0 aliphatic carbocycles. The van der Waals surface area contributed by atoms with E-state index >= 15 is 0 Å². The Kier molecular flexibility index (Phi) is 10.3. The molecule has 62 heavy (non-hydrogen) atoms. The third-order valence-corrected chi connectivity index (χ3v) is 11.5. The van der Waals surface area contributed by atoms with Crippen molar-refractivity contribution < 1.29 is 19.1 Å². The summed E-state index contributed by atoms with van der Waals surface area (Å²) in [7, 11) is 1.52. The molecule has 6 heterocycles. The third kappa shape index (κ3) is 7.09. The van der Waals surface area contributed by atoms with Crippen molar-refractivity contribution in [1.29, 1.82) is 0 Å². The molecule has 0 saturated carbocycles. The molecule has 2 atom stereocenters. The van der Waals surface area contributed by atoms with Crippen LogP contribution in [0.1, 0.15) is 55.4 Å².